The first kappa shape index (κ1) is 14.5. The number of hydrogen-bond donors (Lipinski definition) is 1. The van der Waals surface area contributed by atoms with Crippen LogP contribution in [0.25, 0.3) is 0 Å². The molecule has 1 N–H and O–H groups in total. The second kappa shape index (κ2) is 7.00. The van der Waals surface area contributed by atoms with E-state index < -0.39 is 0 Å². The van der Waals surface area contributed by atoms with Gasteiger partial charge in [0.05, 0.1) is 18.4 Å². The molecule has 0 radical (unpaired) electrons. The zero-order chi connectivity index (χ0) is 13.5. The first-order chi connectivity index (χ1) is 8.56. The van der Waals surface area contributed by atoms with E-state index in [2.05, 4.69) is 15.3 Å². The monoisotopic (exact) mass is 253 g/mol. The van der Waals surface area contributed by atoms with Crippen molar-refractivity contribution in [2.24, 2.45) is 0 Å². The number of aromatic nitrogens is 2. The Morgan fingerprint density at radius 2 is 2.06 bits per heavy atom. The van der Waals surface area contributed by atoms with E-state index in [1.165, 1.54) is 0 Å². The number of nitrogens with zero attached hydrogens (tertiary/aromatic N) is 4. The Hall–Kier alpha value is -1.56. The molecule has 18 heavy (non-hydrogen) atoms. The summed E-state index contributed by atoms with van der Waals surface area (Å²) in [7, 11) is 4.04. The zero-order valence-corrected chi connectivity index (χ0v) is 11.7. The maximum absolute atomic E-state index is 11.8. The topological polar surface area (TPSA) is 53.4 Å². The van der Waals surface area contributed by atoms with Crippen LogP contribution in [-0.2, 0) is 6.54 Å². The molecule has 0 bridgehead atoms. The number of anilines is 1. The fourth-order valence-electron chi connectivity index (χ4n) is 1.57. The molecule has 0 aromatic carbocycles. The average molecular weight is 253 g/mol. The van der Waals surface area contributed by atoms with Gasteiger partial charge in [-0.3, -0.25) is 4.68 Å². The highest BCUT2D eigenvalue weighted by Gasteiger charge is 2.10. The lowest BCUT2D eigenvalue weighted by Gasteiger charge is -2.18. The highest BCUT2D eigenvalue weighted by molar-refractivity contribution is 5.88. The van der Waals surface area contributed by atoms with Crippen molar-refractivity contribution >= 4 is 11.7 Å². The molecule has 0 aliphatic carbocycles. The van der Waals surface area contributed by atoms with Gasteiger partial charge < -0.3 is 15.1 Å². The molecule has 1 aromatic heterocycles. The Labute approximate surface area is 109 Å². The van der Waals surface area contributed by atoms with Crippen molar-refractivity contribution in [1.29, 1.82) is 0 Å². The second-order valence-corrected chi connectivity index (χ2v) is 4.40. The highest BCUT2D eigenvalue weighted by Crippen LogP contribution is 2.06. The minimum Gasteiger partial charge on any atom is -0.325 e. The van der Waals surface area contributed by atoms with E-state index in [1.54, 1.807) is 11.1 Å². The highest BCUT2D eigenvalue weighted by atomic mass is 16.2. The lowest BCUT2D eigenvalue weighted by molar-refractivity contribution is 0.217. The molecule has 1 rings (SSSR count). The Bertz CT molecular complexity index is 370. The van der Waals surface area contributed by atoms with Gasteiger partial charge in [-0.05, 0) is 27.9 Å². The van der Waals surface area contributed by atoms with E-state index in [1.807, 2.05) is 38.8 Å². The van der Waals surface area contributed by atoms with Gasteiger partial charge in [-0.25, -0.2) is 4.79 Å². The van der Waals surface area contributed by atoms with E-state index in [-0.39, 0.29) is 6.03 Å². The Balaban J connectivity index is 2.50. The van der Waals surface area contributed by atoms with Gasteiger partial charge in [0.2, 0.25) is 0 Å². The number of likely N-dealkylation sites (N-methyl/N-ethyl adjacent to an activating group) is 1. The van der Waals surface area contributed by atoms with Crippen LogP contribution in [0, 0.1) is 0 Å². The predicted molar refractivity (Wildman–Crippen MR) is 72.7 cm³/mol. The van der Waals surface area contributed by atoms with Crippen LogP contribution in [0.15, 0.2) is 12.4 Å². The predicted octanol–water partition coefficient (Wildman–Crippen LogP) is 1.32. The lowest BCUT2D eigenvalue weighted by atomic mass is 10.5. The van der Waals surface area contributed by atoms with Gasteiger partial charge in [0, 0.05) is 25.8 Å². The van der Waals surface area contributed by atoms with E-state index in [4.69, 9.17) is 0 Å². The van der Waals surface area contributed by atoms with Crippen LogP contribution < -0.4 is 5.32 Å². The first-order valence-corrected chi connectivity index (χ1v) is 6.30. The maximum Gasteiger partial charge on any atom is 0.321 e. The third-order valence-electron chi connectivity index (χ3n) is 2.71. The van der Waals surface area contributed by atoms with Crippen molar-refractivity contribution in [3.63, 3.8) is 0 Å². The van der Waals surface area contributed by atoms with Crippen molar-refractivity contribution in [3.05, 3.63) is 12.4 Å². The average Bonchev–Trinajstić information content (AvgIpc) is 2.75. The number of rotatable bonds is 6. The third kappa shape index (κ3) is 4.37. The number of carbonyl (C=O) groups excluding carboxylic acids is 1. The molecular formula is C12H23N5O. The van der Waals surface area contributed by atoms with Crippen molar-refractivity contribution in [3.8, 4) is 0 Å². The molecule has 0 aliphatic rings. The number of nitrogens with one attached hydrogen (secondary N) is 1. The first-order valence-electron chi connectivity index (χ1n) is 6.30. The Morgan fingerprint density at radius 3 is 2.61 bits per heavy atom. The Morgan fingerprint density at radius 1 is 1.39 bits per heavy atom. The molecule has 0 aliphatic heterocycles. The normalized spacial score (nSPS) is 10.7. The number of amides is 2. The molecule has 1 heterocycles. The summed E-state index contributed by atoms with van der Waals surface area (Å²) in [6.07, 6.45) is 3.53. The molecule has 6 heteroatoms. The Kier molecular flexibility index (Phi) is 5.64. The van der Waals surface area contributed by atoms with Gasteiger partial charge >= 0.3 is 6.03 Å². The van der Waals surface area contributed by atoms with Crippen LogP contribution in [0.5, 0.6) is 0 Å². The maximum atomic E-state index is 11.8. The summed E-state index contributed by atoms with van der Waals surface area (Å²) in [4.78, 5) is 15.6. The third-order valence-corrected chi connectivity index (χ3v) is 2.71. The quantitative estimate of drug-likeness (QED) is 0.832. The standard InChI is InChI=1S/C12H23N5O/c1-5-16(6-2)12(18)14-11-9-13-17(10-11)8-7-15(3)4/h9-10H,5-8H2,1-4H3,(H,14,18). The van der Waals surface area contributed by atoms with E-state index in [0.717, 1.165) is 18.8 Å². The minimum atomic E-state index is -0.0767. The zero-order valence-electron chi connectivity index (χ0n) is 11.7. The van der Waals surface area contributed by atoms with Gasteiger partial charge in [0.1, 0.15) is 0 Å². The molecule has 102 valence electrons. The van der Waals surface area contributed by atoms with E-state index in [0.29, 0.717) is 13.1 Å². The molecule has 1 aromatic rings. The summed E-state index contributed by atoms with van der Waals surface area (Å²) >= 11 is 0. The summed E-state index contributed by atoms with van der Waals surface area (Å²) in [5.74, 6) is 0. The van der Waals surface area contributed by atoms with Crippen LogP contribution in [0.3, 0.4) is 0 Å². The number of urea groups is 1. The molecule has 0 atom stereocenters. The molecule has 0 saturated carbocycles. The SMILES string of the molecule is CCN(CC)C(=O)Nc1cnn(CCN(C)C)c1. The van der Waals surface area contributed by atoms with Crippen LogP contribution in [0.1, 0.15) is 13.8 Å². The van der Waals surface area contributed by atoms with Crippen molar-refractivity contribution in [2.45, 2.75) is 20.4 Å². The summed E-state index contributed by atoms with van der Waals surface area (Å²) in [5.41, 5.74) is 0.741. The number of carbonyl (C=O) groups is 1. The lowest BCUT2D eigenvalue weighted by Crippen LogP contribution is -2.34. The molecule has 0 saturated heterocycles. The van der Waals surface area contributed by atoms with Crippen molar-refractivity contribution in [2.75, 3.05) is 39.0 Å². The number of hydrogen-bond acceptors (Lipinski definition) is 3. The second-order valence-electron chi connectivity index (χ2n) is 4.40. The molecular weight excluding hydrogens is 230 g/mol. The molecule has 0 unspecified atom stereocenters. The summed E-state index contributed by atoms with van der Waals surface area (Å²) in [6, 6.07) is -0.0767. The molecule has 0 fully saturated rings. The minimum absolute atomic E-state index is 0.0767. The molecule has 6 nitrogen and oxygen atoms in total. The summed E-state index contributed by atoms with van der Waals surface area (Å²) < 4.78 is 1.83. The smallest absolute Gasteiger partial charge is 0.321 e. The van der Waals surface area contributed by atoms with E-state index >= 15 is 0 Å². The van der Waals surface area contributed by atoms with E-state index in [9.17, 15) is 4.79 Å². The van der Waals surface area contributed by atoms with Gasteiger partial charge in [-0.1, -0.05) is 0 Å². The fourth-order valence-corrected chi connectivity index (χ4v) is 1.57. The van der Waals surface area contributed by atoms with Crippen molar-refractivity contribution in [1.82, 2.24) is 19.6 Å². The van der Waals surface area contributed by atoms with Crippen LogP contribution in [0.4, 0.5) is 10.5 Å². The summed E-state index contributed by atoms with van der Waals surface area (Å²) in [6.45, 7) is 7.07. The van der Waals surface area contributed by atoms with Crippen LogP contribution >= 0.6 is 0 Å². The van der Waals surface area contributed by atoms with Gasteiger partial charge in [0.15, 0.2) is 0 Å². The van der Waals surface area contributed by atoms with Crippen LogP contribution in [0.2, 0.25) is 0 Å². The summed E-state index contributed by atoms with van der Waals surface area (Å²) in [5, 5.41) is 7.05. The van der Waals surface area contributed by atoms with Crippen molar-refractivity contribution < 1.29 is 4.79 Å². The fraction of sp³-hybridized carbons (Fsp3) is 0.667. The van der Waals surface area contributed by atoms with Gasteiger partial charge in [0.25, 0.3) is 0 Å². The molecule has 0 spiro atoms. The van der Waals surface area contributed by atoms with Crippen LogP contribution in [-0.4, -0.2) is 59.3 Å². The van der Waals surface area contributed by atoms with Gasteiger partial charge in [-0.2, -0.15) is 5.10 Å². The largest absolute Gasteiger partial charge is 0.325 e. The molecule has 2 amide bonds. The van der Waals surface area contributed by atoms with Gasteiger partial charge in [-0.15, -0.1) is 0 Å².